The molecule has 1 atom stereocenters. The second-order valence-electron chi connectivity index (χ2n) is 4.22. The second-order valence-corrected chi connectivity index (χ2v) is 6.04. The van der Waals surface area contributed by atoms with Gasteiger partial charge in [-0.1, -0.05) is 18.0 Å². The lowest BCUT2D eigenvalue weighted by Gasteiger charge is -2.21. The molecule has 0 amide bonds. The van der Waals surface area contributed by atoms with Crippen molar-refractivity contribution in [3.63, 3.8) is 0 Å². The summed E-state index contributed by atoms with van der Waals surface area (Å²) in [7, 11) is 0. The molecule has 2 rings (SSSR count). The van der Waals surface area contributed by atoms with Gasteiger partial charge in [-0.15, -0.1) is 0 Å². The van der Waals surface area contributed by atoms with Crippen LogP contribution in [0.2, 0.25) is 5.02 Å². The number of carboxylic acid groups (broad SMARTS) is 1. The fourth-order valence-corrected chi connectivity index (χ4v) is 3.31. The molecule has 0 spiro atoms. The first-order chi connectivity index (χ1) is 8.66. The van der Waals surface area contributed by atoms with Gasteiger partial charge in [0.05, 0.1) is 10.6 Å². The number of anilines is 1. The van der Waals surface area contributed by atoms with Crippen LogP contribution in [0.25, 0.3) is 0 Å². The van der Waals surface area contributed by atoms with Crippen LogP contribution in [0.3, 0.4) is 0 Å². The summed E-state index contributed by atoms with van der Waals surface area (Å²) in [6.45, 7) is 0.818. The van der Waals surface area contributed by atoms with Crippen LogP contribution in [-0.2, 0) is 0 Å². The molecule has 2 heterocycles. The number of nitrogens with zero attached hydrogens (tertiary/aromatic N) is 1. The molecule has 1 aliphatic heterocycles. The number of aromatic carboxylic acids is 1. The molecule has 0 saturated carbocycles. The molecule has 1 saturated heterocycles. The van der Waals surface area contributed by atoms with Crippen molar-refractivity contribution in [3.8, 4) is 0 Å². The molecule has 4 nitrogen and oxygen atoms in total. The zero-order valence-corrected chi connectivity index (χ0v) is 11.4. The van der Waals surface area contributed by atoms with Crippen molar-refractivity contribution in [2.24, 2.45) is 0 Å². The Morgan fingerprint density at radius 3 is 3.11 bits per heavy atom. The van der Waals surface area contributed by atoms with Crippen LogP contribution in [-0.4, -0.2) is 33.6 Å². The second kappa shape index (κ2) is 6.29. The van der Waals surface area contributed by atoms with Crippen LogP contribution in [0.1, 0.15) is 29.6 Å². The number of nitrogens with one attached hydrogen (secondary N) is 1. The Balaban J connectivity index is 1.96. The average molecular weight is 287 g/mol. The molecule has 2 N–H and O–H groups in total. The number of carboxylic acids is 1. The molecular formula is C12H15ClN2O2S. The molecule has 1 unspecified atom stereocenters. The van der Waals surface area contributed by atoms with Crippen molar-refractivity contribution in [2.75, 3.05) is 17.6 Å². The van der Waals surface area contributed by atoms with Crippen molar-refractivity contribution in [1.82, 2.24) is 4.98 Å². The zero-order chi connectivity index (χ0) is 13.0. The van der Waals surface area contributed by atoms with Gasteiger partial charge in [-0.2, -0.15) is 11.8 Å². The molecule has 1 aliphatic rings. The molecule has 0 aliphatic carbocycles. The summed E-state index contributed by atoms with van der Waals surface area (Å²) < 4.78 is 0. The maximum Gasteiger partial charge on any atom is 0.337 e. The molecule has 1 aromatic heterocycles. The van der Waals surface area contributed by atoms with Crippen molar-refractivity contribution >= 4 is 35.1 Å². The molecule has 0 bridgehead atoms. The highest BCUT2D eigenvalue weighted by molar-refractivity contribution is 7.99. The van der Waals surface area contributed by atoms with E-state index in [1.165, 1.54) is 37.3 Å². The van der Waals surface area contributed by atoms with Crippen LogP contribution >= 0.6 is 23.4 Å². The topological polar surface area (TPSA) is 62.2 Å². The normalized spacial score (nSPS) is 19.5. The van der Waals surface area contributed by atoms with Gasteiger partial charge < -0.3 is 10.4 Å². The maximum atomic E-state index is 10.9. The molecule has 0 aromatic carbocycles. The number of pyridine rings is 1. The minimum atomic E-state index is -1.03. The van der Waals surface area contributed by atoms with E-state index in [2.05, 4.69) is 10.3 Å². The quantitative estimate of drug-likeness (QED) is 0.890. The third kappa shape index (κ3) is 3.53. The molecule has 98 valence electrons. The monoisotopic (exact) mass is 286 g/mol. The minimum Gasteiger partial charge on any atom is -0.478 e. The van der Waals surface area contributed by atoms with E-state index in [4.69, 9.17) is 16.7 Å². The van der Waals surface area contributed by atoms with Gasteiger partial charge in [0.15, 0.2) is 0 Å². The smallest absolute Gasteiger partial charge is 0.337 e. The SMILES string of the molecule is O=C(O)c1cc(NCC2CCCCS2)ncc1Cl. The first-order valence-corrected chi connectivity index (χ1v) is 7.34. The largest absolute Gasteiger partial charge is 0.478 e. The van der Waals surface area contributed by atoms with Crippen LogP contribution in [0.4, 0.5) is 5.82 Å². The van der Waals surface area contributed by atoms with Crippen molar-refractivity contribution in [3.05, 3.63) is 22.8 Å². The summed E-state index contributed by atoms with van der Waals surface area (Å²) in [4.78, 5) is 15.0. The summed E-state index contributed by atoms with van der Waals surface area (Å²) in [6, 6.07) is 1.48. The maximum absolute atomic E-state index is 10.9. The molecule has 6 heteroatoms. The van der Waals surface area contributed by atoms with Gasteiger partial charge in [0, 0.05) is 18.0 Å². The number of hydrogen-bond acceptors (Lipinski definition) is 4. The Morgan fingerprint density at radius 2 is 2.44 bits per heavy atom. The standard InChI is InChI=1S/C12H15ClN2O2S/c13-10-7-15-11(5-9(10)12(16)17)14-6-8-3-1-2-4-18-8/h5,7-8H,1-4,6H2,(H,14,15)(H,16,17). The lowest BCUT2D eigenvalue weighted by molar-refractivity contribution is 0.0697. The van der Waals surface area contributed by atoms with Crippen LogP contribution in [0.15, 0.2) is 12.3 Å². The number of carbonyl (C=O) groups is 1. The predicted octanol–water partition coefficient (Wildman–Crippen LogP) is 3.13. The Kier molecular flexibility index (Phi) is 4.72. The Hall–Kier alpha value is -0.940. The molecular weight excluding hydrogens is 272 g/mol. The van der Waals surface area contributed by atoms with Crippen molar-refractivity contribution in [2.45, 2.75) is 24.5 Å². The fraction of sp³-hybridized carbons (Fsp3) is 0.500. The number of hydrogen-bond donors (Lipinski definition) is 2. The third-order valence-electron chi connectivity index (χ3n) is 2.87. The highest BCUT2D eigenvalue weighted by Crippen LogP contribution is 2.25. The van der Waals surface area contributed by atoms with Gasteiger partial charge in [-0.25, -0.2) is 9.78 Å². The van der Waals surface area contributed by atoms with E-state index in [0.717, 1.165) is 6.54 Å². The minimum absolute atomic E-state index is 0.0884. The first-order valence-electron chi connectivity index (χ1n) is 5.91. The van der Waals surface area contributed by atoms with Crippen molar-refractivity contribution < 1.29 is 9.90 Å². The number of aromatic nitrogens is 1. The molecule has 1 aromatic rings. The van der Waals surface area contributed by atoms with Gasteiger partial charge in [0.25, 0.3) is 0 Å². The summed E-state index contributed by atoms with van der Waals surface area (Å²) in [6.07, 6.45) is 5.15. The summed E-state index contributed by atoms with van der Waals surface area (Å²) in [5, 5.41) is 12.9. The molecule has 0 radical (unpaired) electrons. The highest BCUT2D eigenvalue weighted by Gasteiger charge is 2.15. The van der Waals surface area contributed by atoms with Crippen LogP contribution < -0.4 is 5.32 Å². The highest BCUT2D eigenvalue weighted by atomic mass is 35.5. The number of halogens is 1. The summed E-state index contributed by atoms with van der Waals surface area (Å²) in [5.74, 6) is 0.751. The summed E-state index contributed by atoms with van der Waals surface area (Å²) >= 11 is 7.73. The van der Waals surface area contributed by atoms with Gasteiger partial charge in [-0.05, 0) is 24.7 Å². The average Bonchev–Trinajstić information content (AvgIpc) is 2.38. The Morgan fingerprint density at radius 1 is 1.61 bits per heavy atom. The predicted molar refractivity (Wildman–Crippen MR) is 74.8 cm³/mol. The summed E-state index contributed by atoms with van der Waals surface area (Å²) in [5.41, 5.74) is 0.0884. The molecule has 1 fully saturated rings. The zero-order valence-electron chi connectivity index (χ0n) is 9.86. The third-order valence-corrected chi connectivity index (χ3v) is 4.57. The first kappa shape index (κ1) is 13.5. The molecule has 18 heavy (non-hydrogen) atoms. The van der Waals surface area contributed by atoms with Crippen molar-refractivity contribution in [1.29, 1.82) is 0 Å². The Labute approximate surface area is 115 Å². The lowest BCUT2D eigenvalue weighted by Crippen LogP contribution is -2.20. The van der Waals surface area contributed by atoms with Gasteiger partial charge in [0.2, 0.25) is 0 Å². The number of thioether (sulfide) groups is 1. The van der Waals surface area contributed by atoms with E-state index in [0.29, 0.717) is 11.1 Å². The van der Waals surface area contributed by atoms with Crippen LogP contribution in [0.5, 0.6) is 0 Å². The fourth-order valence-electron chi connectivity index (χ4n) is 1.89. The van der Waals surface area contributed by atoms with E-state index >= 15 is 0 Å². The van der Waals surface area contributed by atoms with E-state index < -0.39 is 5.97 Å². The van der Waals surface area contributed by atoms with E-state index in [1.807, 2.05) is 11.8 Å². The Bertz CT molecular complexity index is 436. The number of rotatable bonds is 4. The van der Waals surface area contributed by atoms with E-state index in [1.54, 1.807) is 0 Å². The van der Waals surface area contributed by atoms with E-state index in [9.17, 15) is 4.79 Å². The van der Waals surface area contributed by atoms with Gasteiger partial charge in [-0.3, -0.25) is 0 Å². The van der Waals surface area contributed by atoms with Crippen LogP contribution in [0, 0.1) is 0 Å². The van der Waals surface area contributed by atoms with E-state index in [-0.39, 0.29) is 10.6 Å². The van der Waals surface area contributed by atoms with Gasteiger partial charge >= 0.3 is 5.97 Å². The lowest BCUT2D eigenvalue weighted by atomic mass is 10.2. The van der Waals surface area contributed by atoms with Gasteiger partial charge in [0.1, 0.15) is 5.82 Å².